The molecule has 1 unspecified atom stereocenters. The molecule has 0 radical (unpaired) electrons. The Hall–Kier alpha value is -0.570. The lowest BCUT2D eigenvalue weighted by molar-refractivity contribution is -0.131. The molecule has 0 rings (SSSR count). The molecular weight excluding hydrogens is 214 g/mol. The van der Waals surface area contributed by atoms with Crippen molar-refractivity contribution in [3.63, 3.8) is 0 Å². The van der Waals surface area contributed by atoms with Crippen LogP contribution in [0.4, 0.5) is 0 Å². The van der Waals surface area contributed by atoms with Crippen molar-refractivity contribution in [1.82, 2.24) is 4.90 Å². The van der Waals surface area contributed by atoms with Crippen LogP contribution in [-0.4, -0.2) is 36.1 Å². The lowest BCUT2D eigenvalue weighted by atomic mass is 9.70. The molecule has 1 atom stereocenters. The van der Waals surface area contributed by atoms with Crippen molar-refractivity contribution in [3.05, 3.63) is 0 Å². The normalized spacial score (nSPS) is 14.6. The molecule has 0 aromatic carbocycles. The molecule has 0 aliphatic heterocycles. The lowest BCUT2D eigenvalue weighted by Gasteiger charge is -2.38. The minimum atomic E-state index is -0.309. The summed E-state index contributed by atoms with van der Waals surface area (Å²) in [6.45, 7) is 10.3. The third-order valence-corrected chi connectivity index (χ3v) is 3.35. The number of rotatable bonds is 6. The van der Waals surface area contributed by atoms with Crippen molar-refractivity contribution in [3.8, 4) is 0 Å². The molecule has 0 saturated heterocycles. The Morgan fingerprint density at radius 2 is 1.71 bits per heavy atom. The van der Waals surface area contributed by atoms with E-state index in [1.165, 1.54) is 0 Å². The van der Waals surface area contributed by atoms with E-state index in [1.807, 2.05) is 6.92 Å². The van der Waals surface area contributed by atoms with Gasteiger partial charge in [-0.25, -0.2) is 0 Å². The van der Waals surface area contributed by atoms with Crippen LogP contribution in [0, 0.1) is 10.8 Å². The number of aliphatic hydroxyl groups is 1. The highest BCUT2D eigenvalue weighted by Crippen LogP contribution is 2.39. The van der Waals surface area contributed by atoms with Gasteiger partial charge >= 0.3 is 0 Å². The fraction of sp³-hybridized carbons (Fsp3) is 0.929. The molecule has 0 aromatic heterocycles. The van der Waals surface area contributed by atoms with Gasteiger partial charge in [-0.05, 0) is 23.7 Å². The summed E-state index contributed by atoms with van der Waals surface area (Å²) in [7, 11) is 3.56. The maximum Gasteiger partial charge on any atom is 0.222 e. The molecule has 0 aliphatic carbocycles. The van der Waals surface area contributed by atoms with E-state index in [0.717, 1.165) is 12.8 Å². The molecule has 3 heteroatoms. The molecule has 0 saturated carbocycles. The molecule has 1 N–H and O–H groups in total. The van der Waals surface area contributed by atoms with Gasteiger partial charge in [-0.15, -0.1) is 0 Å². The van der Waals surface area contributed by atoms with E-state index in [-0.39, 0.29) is 22.8 Å². The average Bonchev–Trinajstić information content (AvgIpc) is 2.13. The van der Waals surface area contributed by atoms with E-state index < -0.39 is 0 Å². The number of amides is 1. The van der Waals surface area contributed by atoms with Crippen LogP contribution in [0.1, 0.15) is 53.9 Å². The van der Waals surface area contributed by atoms with Crippen LogP contribution in [0.5, 0.6) is 0 Å². The van der Waals surface area contributed by atoms with E-state index >= 15 is 0 Å². The van der Waals surface area contributed by atoms with E-state index in [1.54, 1.807) is 19.0 Å². The van der Waals surface area contributed by atoms with Gasteiger partial charge in [0.2, 0.25) is 5.91 Å². The fourth-order valence-corrected chi connectivity index (χ4v) is 2.53. The van der Waals surface area contributed by atoms with Gasteiger partial charge in [-0.3, -0.25) is 4.79 Å². The van der Waals surface area contributed by atoms with E-state index in [0.29, 0.717) is 6.42 Å². The van der Waals surface area contributed by atoms with Gasteiger partial charge in [0, 0.05) is 20.5 Å². The topological polar surface area (TPSA) is 40.5 Å². The monoisotopic (exact) mass is 243 g/mol. The van der Waals surface area contributed by atoms with E-state index in [4.69, 9.17) is 0 Å². The zero-order chi connectivity index (χ0) is 13.9. The minimum absolute atomic E-state index is 0.0823. The largest absolute Gasteiger partial charge is 0.393 e. The average molecular weight is 243 g/mol. The van der Waals surface area contributed by atoms with Crippen molar-refractivity contribution in [2.45, 2.75) is 60.0 Å². The van der Waals surface area contributed by atoms with Crippen LogP contribution < -0.4 is 0 Å². The van der Waals surface area contributed by atoms with Gasteiger partial charge in [0.05, 0.1) is 6.10 Å². The first kappa shape index (κ1) is 16.4. The van der Waals surface area contributed by atoms with Crippen molar-refractivity contribution in [1.29, 1.82) is 0 Å². The second-order valence-corrected chi connectivity index (χ2v) is 6.72. The first-order valence-corrected chi connectivity index (χ1v) is 6.40. The maximum atomic E-state index is 11.7. The summed E-state index contributed by atoms with van der Waals surface area (Å²) in [4.78, 5) is 13.4. The highest BCUT2D eigenvalue weighted by molar-refractivity contribution is 5.76. The zero-order valence-corrected chi connectivity index (χ0v) is 12.5. The molecule has 1 amide bonds. The third-order valence-electron chi connectivity index (χ3n) is 3.35. The standard InChI is InChI=1S/C14H29NO2/c1-8-11(16)14(4,5)10-13(2,3)9-12(17)15(6)7/h11,16H,8-10H2,1-7H3. The summed E-state index contributed by atoms with van der Waals surface area (Å²) in [6, 6.07) is 0. The summed E-state index contributed by atoms with van der Waals surface area (Å²) in [5.41, 5.74) is -0.230. The van der Waals surface area contributed by atoms with Crippen LogP contribution in [0.2, 0.25) is 0 Å². The number of carbonyl (C=O) groups is 1. The SMILES string of the molecule is CCC(O)C(C)(C)CC(C)(C)CC(=O)N(C)C. The summed E-state index contributed by atoms with van der Waals surface area (Å²) in [5, 5.41) is 10.00. The van der Waals surface area contributed by atoms with Gasteiger partial charge < -0.3 is 10.0 Å². The Labute approximate surface area is 106 Å². The molecule has 0 fully saturated rings. The second kappa shape index (κ2) is 5.85. The second-order valence-electron chi connectivity index (χ2n) is 6.72. The van der Waals surface area contributed by atoms with Crippen molar-refractivity contribution in [2.24, 2.45) is 10.8 Å². The van der Waals surface area contributed by atoms with E-state index in [9.17, 15) is 9.90 Å². The maximum absolute atomic E-state index is 11.7. The quantitative estimate of drug-likeness (QED) is 0.779. The summed E-state index contributed by atoms with van der Waals surface area (Å²) in [5.74, 6) is 0.150. The van der Waals surface area contributed by atoms with E-state index in [2.05, 4.69) is 27.7 Å². The zero-order valence-electron chi connectivity index (χ0n) is 12.5. The molecule has 17 heavy (non-hydrogen) atoms. The molecule has 102 valence electrons. The van der Waals surface area contributed by atoms with Crippen LogP contribution >= 0.6 is 0 Å². The Balaban J connectivity index is 4.58. The van der Waals surface area contributed by atoms with Crippen molar-refractivity contribution < 1.29 is 9.90 Å². The first-order chi connectivity index (χ1) is 7.52. The highest BCUT2D eigenvalue weighted by Gasteiger charge is 2.35. The first-order valence-electron chi connectivity index (χ1n) is 6.40. The molecule has 3 nitrogen and oxygen atoms in total. The molecule has 0 heterocycles. The predicted octanol–water partition coefficient (Wildman–Crippen LogP) is 2.68. The predicted molar refractivity (Wildman–Crippen MR) is 71.8 cm³/mol. The summed E-state index contributed by atoms with van der Waals surface area (Å²) in [6.07, 6.45) is 1.82. The highest BCUT2D eigenvalue weighted by atomic mass is 16.3. The van der Waals surface area contributed by atoms with Gasteiger partial charge in [0.1, 0.15) is 0 Å². The summed E-state index contributed by atoms with van der Waals surface area (Å²) >= 11 is 0. The van der Waals surface area contributed by atoms with Crippen molar-refractivity contribution in [2.75, 3.05) is 14.1 Å². The number of hydrogen-bond acceptors (Lipinski definition) is 2. The van der Waals surface area contributed by atoms with Crippen LogP contribution in [0.25, 0.3) is 0 Å². The number of carbonyl (C=O) groups excluding carboxylic acids is 1. The Kier molecular flexibility index (Phi) is 5.66. The Morgan fingerprint density at radius 3 is 2.06 bits per heavy atom. The summed E-state index contributed by atoms with van der Waals surface area (Å²) < 4.78 is 0. The Bertz CT molecular complexity index is 257. The number of hydrogen-bond donors (Lipinski definition) is 1. The smallest absolute Gasteiger partial charge is 0.222 e. The number of nitrogens with zero attached hydrogens (tertiary/aromatic N) is 1. The van der Waals surface area contributed by atoms with Gasteiger partial charge in [0.15, 0.2) is 0 Å². The minimum Gasteiger partial charge on any atom is -0.393 e. The van der Waals surface area contributed by atoms with Crippen LogP contribution in [0.15, 0.2) is 0 Å². The molecule has 0 bridgehead atoms. The fourth-order valence-electron chi connectivity index (χ4n) is 2.53. The van der Waals surface area contributed by atoms with Crippen LogP contribution in [-0.2, 0) is 4.79 Å². The Morgan fingerprint density at radius 1 is 1.24 bits per heavy atom. The third kappa shape index (κ3) is 5.53. The van der Waals surface area contributed by atoms with Gasteiger partial charge in [0.25, 0.3) is 0 Å². The number of aliphatic hydroxyl groups excluding tert-OH is 1. The molecule has 0 aromatic rings. The van der Waals surface area contributed by atoms with Crippen molar-refractivity contribution >= 4 is 5.91 Å². The molecule has 0 aliphatic rings. The van der Waals surface area contributed by atoms with Gasteiger partial charge in [-0.2, -0.15) is 0 Å². The lowest BCUT2D eigenvalue weighted by Crippen LogP contribution is -2.36. The van der Waals surface area contributed by atoms with Gasteiger partial charge in [-0.1, -0.05) is 34.6 Å². The molecule has 0 spiro atoms. The van der Waals surface area contributed by atoms with Crippen LogP contribution in [0.3, 0.4) is 0 Å². The molecular formula is C14H29NO2.